The van der Waals surface area contributed by atoms with E-state index >= 15 is 0 Å². The van der Waals surface area contributed by atoms with E-state index in [9.17, 15) is 13.2 Å². The Morgan fingerprint density at radius 3 is 2.56 bits per heavy atom. The van der Waals surface area contributed by atoms with Crippen LogP contribution in [-0.2, 0) is 10.0 Å². The van der Waals surface area contributed by atoms with Crippen LogP contribution in [0.4, 0.5) is 0 Å². The molecule has 0 saturated heterocycles. The molecular weight excluding hydrogens is 256 g/mol. The molecule has 0 spiro atoms. The first-order valence-electron chi connectivity index (χ1n) is 4.79. The number of rotatable bonds is 4. The number of hydrogen-bond acceptors (Lipinski definition) is 6. The predicted molar refractivity (Wildman–Crippen MR) is 67.5 cm³/mol. The van der Waals surface area contributed by atoms with Crippen LogP contribution in [0.3, 0.4) is 0 Å². The highest BCUT2D eigenvalue weighted by atomic mass is 32.2. The van der Waals surface area contributed by atoms with Crippen LogP contribution in [0.2, 0.25) is 0 Å². The zero-order valence-electron chi connectivity index (χ0n) is 9.54. The summed E-state index contributed by atoms with van der Waals surface area (Å²) in [5, 5.41) is 7.11. The molecule has 0 aliphatic rings. The van der Waals surface area contributed by atoms with Crippen molar-refractivity contribution in [1.29, 1.82) is 5.41 Å². The van der Waals surface area contributed by atoms with Crippen molar-refractivity contribution in [2.45, 2.75) is 0 Å². The first-order chi connectivity index (χ1) is 8.37. The molecule has 1 rings (SSSR count). The number of carbonyl (C=O) groups excluding carboxylic acids is 1. The van der Waals surface area contributed by atoms with Gasteiger partial charge in [-0.1, -0.05) is 6.07 Å². The van der Waals surface area contributed by atoms with E-state index in [0.29, 0.717) is 11.3 Å². The molecule has 0 atom stereocenters. The summed E-state index contributed by atoms with van der Waals surface area (Å²) in [6, 6.07) is 4.44. The molecule has 0 aromatic carbocycles. The van der Waals surface area contributed by atoms with Crippen molar-refractivity contribution in [3.63, 3.8) is 0 Å². The molecule has 0 radical (unpaired) electrons. The van der Waals surface area contributed by atoms with Gasteiger partial charge in [-0.05, 0) is 12.1 Å². The van der Waals surface area contributed by atoms with Gasteiger partial charge in [0.2, 0.25) is 10.0 Å². The van der Waals surface area contributed by atoms with E-state index in [4.69, 9.17) is 11.1 Å². The Morgan fingerprint density at radius 2 is 2.06 bits per heavy atom. The van der Waals surface area contributed by atoms with Crippen molar-refractivity contribution < 1.29 is 13.2 Å². The number of nitrogens with zero attached hydrogens (tertiary/aromatic N) is 1. The number of nitrogens with two attached hydrogens (primary N) is 1. The number of nitrogens with one attached hydrogen (secondary N) is 2. The van der Waals surface area contributed by atoms with Crippen LogP contribution < -0.4 is 10.5 Å². The maximum atomic E-state index is 11.6. The molecule has 0 aliphatic heterocycles. The molecule has 0 saturated carbocycles. The molecule has 0 fully saturated rings. The van der Waals surface area contributed by atoms with Crippen LogP contribution in [0.5, 0.6) is 0 Å². The Kier molecular flexibility index (Phi) is 4.16. The van der Waals surface area contributed by atoms with E-state index in [1.165, 1.54) is 18.3 Å². The molecule has 4 N–H and O–H groups in total. The molecule has 0 bridgehead atoms. The van der Waals surface area contributed by atoms with Gasteiger partial charge >= 0.3 is 0 Å². The largest absolute Gasteiger partial charge is 0.404 e. The van der Waals surface area contributed by atoms with E-state index in [1.54, 1.807) is 10.8 Å². The third-order valence-corrected chi connectivity index (χ3v) is 2.45. The van der Waals surface area contributed by atoms with E-state index in [-0.39, 0.29) is 5.69 Å². The highest BCUT2D eigenvalue weighted by Crippen LogP contribution is 2.09. The van der Waals surface area contributed by atoms with Crippen molar-refractivity contribution in [1.82, 2.24) is 9.71 Å². The molecule has 0 aliphatic carbocycles. The standard InChI is InChI=1S/C10H12N4O3S/c1-18(16,17)14-10(15)9-4-2-3-8(13-9)7(5-11)6-12/h2-6,11H,12H2,1H3,(H,14,15)/b7-6+,11-5?. The van der Waals surface area contributed by atoms with Crippen LogP contribution in [0, 0.1) is 5.41 Å². The third-order valence-electron chi connectivity index (χ3n) is 1.89. The van der Waals surface area contributed by atoms with Gasteiger partial charge in [0.25, 0.3) is 5.91 Å². The van der Waals surface area contributed by atoms with Crippen LogP contribution in [0.25, 0.3) is 5.57 Å². The average molecular weight is 268 g/mol. The Hall–Kier alpha value is -2.22. The minimum Gasteiger partial charge on any atom is -0.404 e. The summed E-state index contributed by atoms with van der Waals surface area (Å²) >= 11 is 0. The fourth-order valence-electron chi connectivity index (χ4n) is 1.15. The van der Waals surface area contributed by atoms with Crippen LogP contribution in [0.15, 0.2) is 24.4 Å². The maximum Gasteiger partial charge on any atom is 0.283 e. The highest BCUT2D eigenvalue weighted by molar-refractivity contribution is 7.89. The normalized spacial score (nSPS) is 11.9. The van der Waals surface area contributed by atoms with Gasteiger partial charge in [-0.25, -0.2) is 18.1 Å². The lowest BCUT2D eigenvalue weighted by Gasteiger charge is -2.04. The summed E-state index contributed by atoms with van der Waals surface area (Å²) in [7, 11) is -3.64. The molecule has 1 amide bonds. The summed E-state index contributed by atoms with van der Waals surface area (Å²) in [5.74, 6) is -0.833. The number of amides is 1. The van der Waals surface area contributed by atoms with Crippen LogP contribution in [0.1, 0.15) is 16.2 Å². The first-order valence-corrected chi connectivity index (χ1v) is 6.68. The fraction of sp³-hybridized carbons (Fsp3) is 0.100. The van der Waals surface area contributed by atoms with E-state index in [0.717, 1.165) is 12.5 Å². The molecule has 1 aromatic heterocycles. The second-order valence-electron chi connectivity index (χ2n) is 3.38. The zero-order chi connectivity index (χ0) is 13.8. The van der Waals surface area contributed by atoms with Crippen molar-refractivity contribution in [3.05, 3.63) is 35.8 Å². The van der Waals surface area contributed by atoms with Crippen molar-refractivity contribution >= 4 is 27.7 Å². The quantitative estimate of drug-likeness (QED) is 0.647. The number of pyridine rings is 1. The van der Waals surface area contributed by atoms with Gasteiger partial charge in [-0.15, -0.1) is 0 Å². The molecule has 1 heterocycles. The number of aromatic nitrogens is 1. The van der Waals surface area contributed by atoms with Gasteiger partial charge in [-0.3, -0.25) is 4.79 Å². The zero-order valence-corrected chi connectivity index (χ0v) is 10.4. The predicted octanol–water partition coefficient (Wildman–Crippen LogP) is -0.280. The van der Waals surface area contributed by atoms with Gasteiger partial charge in [0.15, 0.2) is 0 Å². The highest BCUT2D eigenvalue weighted by Gasteiger charge is 2.13. The number of allylic oxidation sites excluding steroid dienone is 1. The van der Waals surface area contributed by atoms with Gasteiger partial charge in [0.1, 0.15) is 5.69 Å². The summed E-state index contributed by atoms with van der Waals surface area (Å²) in [4.78, 5) is 15.5. The fourth-order valence-corrected chi connectivity index (χ4v) is 1.59. The molecule has 7 nitrogen and oxygen atoms in total. The molecule has 96 valence electrons. The van der Waals surface area contributed by atoms with Crippen LogP contribution >= 0.6 is 0 Å². The smallest absolute Gasteiger partial charge is 0.283 e. The molecular formula is C10H12N4O3S. The molecule has 1 aromatic rings. The minimum atomic E-state index is -3.64. The lowest BCUT2D eigenvalue weighted by Crippen LogP contribution is -2.30. The van der Waals surface area contributed by atoms with Crippen molar-refractivity contribution in [2.75, 3.05) is 6.26 Å². The SMILES string of the molecule is CS(=O)(=O)NC(=O)c1cccc(/C(C=N)=C/N)n1. The second-order valence-corrected chi connectivity index (χ2v) is 5.13. The maximum absolute atomic E-state index is 11.6. The van der Waals surface area contributed by atoms with E-state index in [2.05, 4.69) is 4.98 Å². The summed E-state index contributed by atoms with van der Waals surface area (Å²) in [6.07, 6.45) is 3.03. The summed E-state index contributed by atoms with van der Waals surface area (Å²) < 4.78 is 23.6. The minimum absolute atomic E-state index is 0.0703. The lowest BCUT2D eigenvalue weighted by molar-refractivity contribution is 0.0977. The van der Waals surface area contributed by atoms with Gasteiger partial charge in [0.05, 0.1) is 11.9 Å². The lowest BCUT2D eigenvalue weighted by atomic mass is 10.2. The van der Waals surface area contributed by atoms with Crippen LogP contribution in [-0.4, -0.2) is 31.8 Å². The topological polar surface area (TPSA) is 126 Å². The van der Waals surface area contributed by atoms with E-state index < -0.39 is 15.9 Å². The monoisotopic (exact) mass is 268 g/mol. The Balaban J connectivity index is 3.10. The summed E-state index contributed by atoms with van der Waals surface area (Å²) in [6.45, 7) is 0. The van der Waals surface area contributed by atoms with Gasteiger partial charge in [0, 0.05) is 18.0 Å². The van der Waals surface area contributed by atoms with Crippen molar-refractivity contribution in [3.8, 4) is 0 Å². The molecule has 18 heavy (non-hydrogen) atoms. The average Bonchev–Trinajstić information content (AvgIpc) is 2.29. The number of hydrogen-bond donors (Lipinski definition) is 3. The number of carbonyl (C=O) groups is 1. The van der Waals surface area contributed by atoms with Crippen molar-refractivity contribution in [2.24, 2.45) is 5.73 Å². The Labute approximate surface area is 104 Å². The Bertz CT molecular complexity index is 607. The second kappa shape index (κ2) is 5.41. The van der Waals surface area contributed by atoms with E-state index in [1.807, 2.05) is 0 Å². The third kappa shape index (κ3) is 3.67. The van der Waals surface area contributed by atoms with Gasteiger partial charge < -0.3 is 11.1 Å². The Morgan fingerprint density at radius 1 is 1.44 bits per heavy atom. The number of sulfonamides is 1. The molecule has 8 heteroatoms. The molecule has 0 unspecified atom stereocenters. The first kappa shape index (κ1) is 13.8. The summed E-state index contributed by atoms with van der Waals surface area (Å²) in [5.41, 5.74) is 5.86. The van der Waals surface area contributed by atoms with Gasteiger partial charge in [-0.2, -0.15) is 0 Å².